The van der Waals surface area contributed by atoms with Crippen molar-refractivity contribution in [2.75, 3.05) is 19.0 Å². The number of aryl methyl sites for hydroxylation is 1. The first-order valence-corrected chi connectivity index (χ1v) is 9.29. The smallest absolute Gasteiger partial charge is 0.270 e. The molecule has 6 nitrogen and oxygen atoms in total. The minimum Gasteiger partial charge on any atom is -0.496 e. The average molecular weight is 394 g/mol. The van der Waals surface area contributed by atoms with E-state index in [0.717, 1.165) is 16.9 Å². The Kier molecular flexibility index (Phi) is 6.73. The topological polar surface area (TPSA) is 76.1 Å². The molecule has 0 spiro atoms. The number of benzene rings is 2. The molecular formula is C22H23FN4O2. The van der Waals surface area contributed by atoms with Crippen molar-refractivity contribution in [3.05, 3.63) is 82.9 Å². The number of anilines is 1. The van der Waals surface area contributed by atoms with E-state index in [1.165, 1.54) is 12.1 Å². The molecule has 2 aromatic carbocycles. The van der Waals surface area contributed by atoms with Crippen molar-refractivity contribution >= 4 is 11.9 Å². The van der Waals surface area contributed by atoms with E-state index in [-0.39, 0.29) is 11.7 Å². The Hall–Kier alpha value is -3.48. The van der Waals surface area contributed by atoms with Crippen molar-refractivity contribution in [3.8, 4) is 5.75 Å². The molecule has 3 rings (SSSR count). The number of nitrogens with one attached hydrogen (secondary N) is 2. The Balaban J connectivity index is 1.60. The van der Waals surface area contributed by atoms with Crippen molar-refractivity contribution in [2.45, 2.75) is 19.9 Å². The van der Waals surface area contributed by atoms with E-state index in [1.54, 1.807) is 25.3 Å². The first kappa shape index (κ1) is 20.3. The molecule has 0 atom stereocenters. The van der Waals surface area contributed by atoms with Gasteiger partial charge in [-0.25, -0.2) is 14.4 Å². The van der Waals surface area contributed by atoms with E-state index in [9.17, 15) is 9.18 Å². The molecule has 1 aromatic heterocycles. The number of aromatic nitrogens is 2. The zero-order chi connectivity index (χ0) is 20.6. The van der Waals surface area contributed by atoms with Gasteiger partial charge in [-0.15, -0.1) is 0 Å². The van der Waals surface area contributed by atoms with Crippen LogP contribution < -0.4 is 15.4 Å². The van der Waals surface area contributed by atoms with E-state index in [0.29, 0.717) is 36.8 Å². The number of ether oxygens (including phenoxy) is 1. The number of carbonyl (C=O) groups is 1. The highest BCUT2D eigenvalue weighted by Gasteiger charge is 2.11. The number of carbonyl (C=O) groups excluding carboxylic acids is 1. The van der Waals surface area contributed by atoms with Gasteiger partial charge in [0.2, 0.25) is 5.95 Å². The van der Waals surface area contributed by atoms with Crippen LogP contribution in [-0.2, 0) is 13.0 Å². The fourth-order valence-electron chi connectivity index (χ4n) is 2.85. The Morgan fingerprint density at radius 3 is 2.62 bits per heavy atom. The maximum atomic E-state index is 13.0. The van der Waals surface area contributed by atoms with E-state index in [2.05, 4.69) is 20.6 Å². The molecule has 3 aromatic rings. The van der Waals surface area contributed by atoms with Crippen LogP contribution in [0.5, 0.6) is 5.75 Å². The van der Waals surface area contributed by atoms with Crippen LogP contribution in [0.25, 0.3) is 0 Å². The molecule has 1 heterocycles. The van der Waals surface area contributed by atoms with E-state index in [4.69, 9.17) is 4.74 Å². The highest BCUT2D eigenvalue weighted by Crippen LogP contribution is 2.18. The Bertz CT molecular complexity index is 977. The highest BCUT2D eigenvalue weighted by molar-refractivity contribution is 5.92. The van der Waals surface area contributed by atoms with Gasteiger partial charge in [0.1, 0.15) is 17.3 Å². The van der Waals surface area contributed by atoms with E-state index in [1.807, 2.05) is 31.2 Å². The van der Waals surface area contributed by atoms with Crippen molar-refractivity contribution < 1.29 is 13.9 Å². The van der Waals surface area contributed by atoms with Gasteiger partial charge >= 0.3 is 0 Å². The maximum absolute atomic E-state index is 13.0. The average Bonchev–Trinajstić information content (AvgIpc) is 2.73. The minimum atomic E-state index is -0.280. The van der Waals surface area contributed by atoms with Gasteiger partial charge in [0, 0.05) is 24.3 Å². The van der Waals surface area contributed by atoms with E-state index < -0.39 is 0 Å². The van der Waals surface area contributed by atoms with Crippen LogP contribution in [0.1, 0.15) is 27.3 Å². The molecule has 0 radical (unpaired) electrons. The molecule has 150 valence electrons. The van der Waals surface area contributed by atoms with Gasteiger partial charge in [0.05, 0.1) is 7.11 Å². The van der Waals surface area contributed by atoms with E-state index >= 15 is 0 Å². The maximum Gasteiger partial charge on any atom is 0.270 e. The molecule has 7 heteroatoms. The Morgan fingerprint density at radius 1 is 1.10 bits per heavy atom. The zero-order valence-electron chi connectivity index (χ0n) is 16.4. The quantitative estimate of drug-likeness (QED) is 0.611. The third kappa shape index (κ3) is 5.75. The third-order valence-corrected chi connectivity index (χ3v) is 4.33. The van der Waals surface area contributed by atoms with Crippen molar-refractivity contribution in [1.29, 1.82) is 0 Å². The molecule has 0 aliphatic heterocycles. The molecule has 0 aliphatic carbocycles. The summed E-state index contributed by atoms with van der Waals surface area (Å²) in [7, 11) is 1.62. The lowest BCUT2D eigenvalue weighted by atomic mass is 10.1. The van der Waals surface area contributed by atoms with Crippen LogP contribution in [0.3, 0.4) is 0 Å². The standard InChI is InChI=1S/C22H23FN4O2/c1-15-13-19(21(28)24-12-11-16-7-9-18(23)10-8-16)27-22(26-15)25-14-17-5-3-4-6-20(17)29-2/h3-10,13H,11-12,14H2,1-2H3,(H,24,28)(H,25,26,27). The molecule has 0 saturated heterocycles. The third-order valence-electron chi connectivity index (χ3n) is 4.33. The fraction of sp³-hybridized carbons (Fsp3) is 0.227. The molecule has 0 aliphatic rings. The van der Waals surface area contributed by atoms with Gasteiger partial charge in [0.25, 0.3) is 5.91 Å². The van der Waals surface area contributed by atoms with Gasteiger partial charge in [0.15, 0.2) is 0 Å². The molecule has 1 amide bonds. The summed E-state index contributed by atoms with van der Waals surface area (Å²) in [6, 6.07) is 15.5. The predicted octanol–water partition coefficient (Wildman–Crippen LogP) is 3.52. The summed E-state index contributed by atoms with van der Waals surface area (Å²) in [5, 5.41) is 5.98. The Labute approximate surface area is 169 Å². The minimum absolute atomic E-state index is 0.276. The van der Waals surface area contributed by atoms with Crippen LogP contribution in [0.2, 0.25) is 0 Å². The summed E-state index contributed by atoms with van der Waals surface area (Å²) in [5.74, 6) is 0.589. The SMILES string of the molecule is COc1ccccc1CNc1nc(C)cc(C(=O)NCCc2ccc(F)cc2)n1. The molecule has 0 unspecified atom stereocenters. The van der Waals surface area contributed by atoms with Gasteiger partial charge in [-0.3, -0.25) is 4.79 Å². The summed E-state index contributed by atoms with van der Waals surface area (Å²) < 4.78 is 18.3. The number of rotatable bonds is 8. The zero-order valence-corrected chi connectivity index (χ0v) is 16.4. The molecule has 0 fully saturated rings. The van der Waals surface area contributed by atoms with Crippen LogP contribution in [0, 0.1) is 12.7 Å². The van der Waals surface area contributed by atoms with Crippen molar-refractivity contribution in [2.24, 2.45) is 0 Å². The van der Waals surface area contributed by atoms with Gasteiger partial charge in [-0.1, -0.05) is 30.3 Å². The number of nitrogens with zero attached hydrogens (tertiary/aromatic N) is 2. The summed E-state index contributed by atoms with van der Waals surface area (Å²) in [4.78, 5) is 21.1. The Morgan fingerprint density at radius 2 is 1.86 bits per heavy atom. The van der Waals surface area contributed by atoms with Crippen LogP contribution >= 0.6 is 0 Å². The first-order chi connectivity index (χ1) is 14.0. The molecule has 29 heavy (non-hydrogen) atoms. The monoisotopic (exact) mass is 394 g/mol. The molecule has 0 bridgehead atoms. The normalized spacial score (nSPS) is 10.4. The van der Waals surface area contributed by atoms with Crippen molar-refractivity contribution in [3.63, 3.8) is 0 Å². The molecule has 0 saturated carbocycles. The van der Waals surface area contributed by atoms with Crippen LogP contribution in [0.15, 0.2) is 54.6 Å². The molecular weight excluding hydrogens is 371 g/mol. The summed E-state index contributed by atoms with van der Waals surface area (Å²) >= 11 is 0. The lowest BCUT2D eigenvalue weighted by Crippen LogP contribution is -2.27. The fourth-order valence-corrected chi connectivity index (χ4v) is 2.85. The van der Waals surface area contributed by atoms with Crippen LogP contribution in [-0.4, -0.2) is 29.5 Å². The second-order valence-corrected chi connectivity index (χ2v) is 6.52. The van der Waals surface area contributed by atoms with Gasteiger partial charge < -0.3 is 15.4 Å². The van der Waals surface area contributed by atoms with Gasteiger partial charge in [-0.05, 0) is 43.2 Å². The number of methoxy groups -OCH3 is 1. The summed E-state index contributed by atoms with van der Waals surface area (Å²) in [5.41, 5.74) is 2.89. The number of hydrogen-bond acceptors (Lipinski definition) is 5. The second kappa shape index (κ2) is 9.64. The second-order valence-electron chi connectivity index (χ2n) is 6.52. The lowest BCUT2D eigenvalue weighted by molar-refractivity contribution is 0.0949. The number of para-hydroxylation sites is 1. The summed E-state index contributed by atoms with van der Waals surface area (Å²) in [6.45, 7) is 2.71. The van der Waals surface area contributed by atoms with Crippen LogP contribution in [0.4, 0.5) is 10.3 Å². The number of amides is 1. The number of halogens is 1. The largest absolute Gasteiger partial charge is 0.496 e. The molecule has 2 N–H and O–H groups in total. The van der Waals surface area contributed by atoms with Crippen molar-refractivity contribution in [1.82, 2.24) is 15.3 Å². The number of hydrogen-bond donors (Lipinski definition) is 2. The highest BCUT2D eigenvalue weighted by atomic mass is 19.1. The predicted molar refractivity (Wildman–Crippen MR) is 110 cm³/mol. The van der Waals surface area contributed by atoms with Gasteiger partial charge in [-0.2, -0.15) is 0 Å². The first-order valence-electron chi connectivity index (χ1n) is 9.29. The summed E-state index contributed by atoms with van der Waals surface area (Å²) in [6.07, 6.45) is 0.606. The lowest BCUT2D eigenvalue weighted by Gasteiger charge is -2.11.